The van der Waals surface area contributed by atoms with Crippen LogP contribution in [-0.4, -0.2) is 53.7 Å². The van der Waals surface area contributed by atoms with Crippen LogP contribution in [0.3, 0.4) is 0 Å². The van der Waals surface area contributed by atoms with Gasteiger partial charge in [0.2, 0.25) is 0 Å². The fourth-order valence-corrected chi connectivity index (χ4v) is 4.66. The number of hydrogen-bond donors (Lipinski definition) is 2. The zero-order valence-corrected chi connectivity index (χ0v) is 22.9. The zero-order chi connectivity index (χ0) is 26.2. The van der Waals surface area contributed by atoms with E-state index in [1.165, 1.54) is 0 Å². The summed E-state index contributed by atoms with van der Waals surface area (Å²) in [4.78, 5) is 24.1. The molecule has 1 amide bonds. The van der Waals surface area contributed by atoms with Gasteiger partial charge in [-0.25, -0.2) is 9.59 Å². The molecule has 194 valence electrons. The largest absolute Gasteiger partial charge is 0.480 e. The second-order valence-corrected chi connectivity index (χ2v) is 13.6. The van der Waals surface area contributed by atoms with Crippen molar-refractivity contribution in [3.8, 4) is 11.1 Å². The Hall–Kier alpha value is -2.51. The summed E-state index contributed by atoms with van der Waals surface area (Å²) >= 11 is 0. The van der Waals surface area contributed by atoms with Crippen molar-refractivity contribution in [2.24, 2.45) is 0 Å². The van der Waals surface area contributed by atoms with Crippen LogP contribution in [0.1, 0.15) is 64.5 Å². The predicted octanol–water partition coefficient (Wildman–Crippen LogP) is 6.58. The molecule has 0 fully saturated rings. The maximum absolute atomic E-state index is 12.4. The second-order valence-electron chi connectivity index (χ2n) is 9.67. The molecule has 0 saturated carbocycles. The van der Waals surface area contributed by atoms with Gasteiger partial charge >= 0.3 is 12.1 Å². The number of carbonyl (C=O) groups is 2. The van der Waals surface area contributed by atoms with Gasteiger partial charge in [0, 0.05) is 10.7 Å². The summed E-state index contributed by atoms with van der Waals surface area (Å²) in [5.74, 6) is -1.15. The molecular formula is C28H41NO5S. The summed E-state index contributed by atoms with van der Waals surface area (Å²) in [6, 6.07) is 15.2. The number of carboxylic acids is 1. The van der Waals surface area contributed by atoms with Crippen LogP contribution >= 0.6 is 10.3 Å². The maximum atomic E-state index is 12.4. The number of carboxylic acid groups (broad SMARTS) is 1. The van der Waals surface area contributed by atoms with Crippen LogP contribution in [0.15, 0.2) is 48.5 Å². The Morgan fingerprint density at radius 1 is 1.00 bits per heavy atom. The van der Waals surface area contributed by atoms with E-state index in [9.17, 15) is 14.7 Å². The van der Waals surface area contributed by atoms with Crippen molar-refractivity contribution in [2.45, 2.75) is 64.2 Å². The molecule has 1 unspecified atom stereocenters. The number of amides is 1. The number of nitrogens with one attached hydrogen (secondary N) is 1. The quantitative estimate of drug-likeness (QED) is 0.378. The Morgan fingerprint density at radius 2 is 1.51 bits per heavy atom. The molecule has 6 nitrogen and oxygen atoms in total. The van der Waals surface area contributed by atoms with E-state index in [2.05, 4.69) is 50.7 Å². The zero-order valence-electron chi connectivity index (χ0n) is 22.1. The molecule has 35 heavy (non-hydrogen) atoms. The van der Waals surface area contributed by atoms with Gasteiger partial charge in [-0.05, 0) is 47.6 Å². The Labute approximate surface area is 211 Å². The molecule has 7 heteroatoms. The average Bonchev–Trinajstić information content (AvgIpc) is 3.14. The van der Waals surface area contributed by atoms with Gasteiger partial charge in [0.05, 0.1) is 6.61 Å². The van der Waals surface area contributed by atoms with Gasteiger partial charge in [0.15, 0.2) is 0 Å². The fourth-order valence-electron chi connectivity index (χ4n) is 3.77. The van der Waals surface area contributed by atoms with E-state index in [0.717, 1.165) is 22.3 Å². The van der Waals surface area contributed by atoms with Gasteiger partial charge in [-0.1, -0.05) is 83.1 Å². The standard InChI is InChI=1S/C26H35NO5S.C2H6/c1-26(2,3)33(4,5)32-16-10-15-23(24(28)29)27-25(30)31-17-22-20-13-8-6-11-18(20)19-12-7-9-14-21(19)22;1-2/h6-9,11-14,22-23H,10,15-17H2,1-5H3,(H,27,30)(H,28,29);1-2H3. The minimum absolute atomic E-state index is 0.0404. The van der Waals surface area contributed by atoms with Gasteiger partial charge < -0.3 is 19.3 Å². The van der Waals surface area contributed by atoms with Crippen LogP contribution in [0.25, 0.3) is 11.1 Å². The summed E-state index contributed by atoms with van der Waals surface area (Å²) in [7, 11) is -1.27. The Morgan fingerprint density at radius 3 is 2.00 bits per heavy atom. The number of rotatable bonds is 9. The van der Waals surface area contributed by atoms with E-state index in [0.29, 0.717) is 13.0 Å². The minimum atomic E-state index is -1.27. The molecule has 1 aliphatic rings. The molecule has 0 spiro atoms. The van der Waals surface area contributed by atoms with Crippen molar-refractivity contribution in [2.75, 3.05) is 25.7 Å². The molecule has 0 heterocycles. The Kier molecular flexibility index (Phi) is 10.2. The second kappa shape index (κ2) is 12.5. The molecule has 0 aromatic heterocycles. The topological polar surface area (TPSA) is 84.9 Å². The number of alkyl carbamates (subject to hydrolysis) is 1. The first-order chi connectivity index (χ1) is 16.5. The van der Waals surface area contributed by atoms with Crippen molar-refractivity contribution in [1.29, 1.82) is 0 Å². The third kappa shape index (κ3) is 7.24. The van der Waals surface area contributed by atoms with Crippen LogP contribution in [-0.2, 0) is 13.7 Å². The molecule has 0 aliphatic heterocycles. The lowest BCUT2D eigenvalue weighted by Crippen LogP contribution is -2.41. The van der Waals surface area contributed by atoms with E-state index < -0.39 is 28.4 Å². The highest BCUT2D eigenvalue weighted by atomic mass is 32.3. The van der Waals surface area contributed by atoms with Crippen molar-refractivity contribution < 1.29 is 23.6 Å². The van der Waals surface area contributed by atoms with Crippen LogP contribution in [0.5, 0.6) is 0 Å². The van der Waals surface area contributed by atoms with Crippen molar-refractivity contribution in [1.82, 2.24) is 5.32 Å². The van der Waals surface area contributed by atoms with Gasteiger partial charge in [-0.3, -0.25) is 0 Å². The predicted molar refractivity (Wildman–Crippen MR) is 145 cm³/mol. The highest BCUT2D eigenvalue weighted by molar-refractivity contribution is 8.29. The molecule has 1 aliphatic carbocycles. The molecule has 2 aromatic rings. The van der Waals surface area contributed by atoms with E-state index in [4.69, 9.17) is 8.92 Å². The van der Waals surface area contributed by atoms with Gasteiger partial charge in [0.25, 0.3) is 0 Å². The summed E-state index contributed by atoms with van der Waals surface area (Å²) < 4.78 is 11.6. The summed E-state index contributed by atoms with van der Waals surface area (Å²) in [5.41, 5.74) is 4.52. The van der Waals surface area contributed by atoms with Crippen molar-refractivity contribution in [3.05, 3.63) is 59.7 Å². The minimum Gasteiger partial charge on any atom is -0.480 e. The maximum Gasteiger partial charge on any atom is 0.407 e. The number of aliphatic carboxylic acids is 1. The summed E-state index contributed by atoms with van der Waals surface area (Å²) in [5, 5.41) is 12.1. The number of hydrogen-bond acceptors (Lipinski definition) is 4. The Bertz CT molecular complexity index is 953. The van der Waals surface area contributed by atoms with E-state index in [1.807, 2.05) is 50.2 Å². The van der Waals surface area contributed by atoms with Gasteiger partial charge in [-0.2, -0.15) is 0 Å². The number of ether oxygens (including phenoxy) is 1. The third-order valence-corrected chi connectivity index (χ3v) is 10.1. The molecule has 0 saturated heterocycles. The number of carbonyl (C=O) groups excluding carboxylic acids is 1. The molecule has 3 rings (SSSR count). The highest BCUT2D eigenvalue weighted by Gasteiger charge is 2.30. The normalized spacial score (nSPS) is 14.1. The van der Waals surface area contributed by atoms with Gasteiger partial charge in [-0.15, -0.1) is 10.3 Å². The highest BCUT2D eigenvalue weighted by Crippen LogP contribution is 2.53. The molecule has 0 bridgehead atoms. The van der Waals surface area contributed by atoms with Crippen LogP contribution in [0.4, 0.5) is 4.79 Å². The van der Waals surface area contributed by atoms with Crippen LogP contribution in [0, 0.1) is 0 Å². The number of benzene rings is 2. The third-order valence-electron chi connectivity index (χ3n) is 6.42. The number of fused-ring (bicyclic) bond motifs is 3. The lowest BCUT2D eigenvalue weighted by atomic mass is 9.98. The monoisotopic (exact) mass is 503 g/mol. The van der Waals surface area contributed by atoms with Crippen molar-refractivity contribution >= 4 is 22.4 Å². The van der Waals surface area contributed by atoms with Crippen LogP contribution in [0.2, 0.25) is 0 Å². The van der Waals surface area contributed by atoms with E-state index >= 15 is 0 Å². The lowest BCUT2D eigenvalue weighted by Gasteiger charge is -2.43. The first kappa shape index (κ1) is 28.7. The molecule has 2 N–H and O–H groups in total. The molecule has 0 radical (unpaired) electrons. The molecule has 2 aromatic carbocycles. The fraction of sp³-hybridized carbons (Fsp3) is 0.500. The lowest BCUT2D eigenvalue weighted by molar-refractivity contribution is -0.139. The molecular weight excluding hydrogens is 462 g/mol. The SMILES string of the molecule is CC.CC(C)(C)S(C)(C)OCCCC(NC(=O)OCC1c2ccccc2-c2ccccc21)C(=O)O. The Balaban J connectivity index is 0.00000210. The van der Waals surface area contributed by atoms with E-state index in [-0.39, 0.29) is 23.7 Å². The smallest absolute Gasteiger partial charge is 0.407 e. The van der Waals surface area contributed by atoms with Crippen molar-refractivity contribution in [3.63, 3.8) is 0 Å². The summed E-state index contributed by atoms with van der Waals surface area (Å²) in [6.07, 6.45) is 4.31. The average molecular weight is 504 g/mol. The summed E-state index contributed by atoms with van der Waals surface area (Å²) in [6.45, 7) is 11.0. The molecule has 1 atom stereocenters. The van der Waals surface area contributed by atoms with Crippen LogP contribution < -0.4 is 5.32 Å². The van der Waals surface area contributed by atoms with E-state index in [1.54, 1.807) is 0 Å². The van der Waals surface area contributed by atoms with Gasteiger partial charge in [0.1, 0.15) is 12.6 Å². The first-order valence-electron chi connectivity index (χ1n) is 12.2. The first-order valence-corrected chi connectivity index (χ1v) is 14.6.